The minimum atomic E-state index is -0.350. The van der Waals surface area contributed by atoms with Crippen molar-refractivity contribution in [3.8, 4) is 5.75 Å². The molecule has 0 radical (unpaired) electrons. The van der Waals surface area contributed by atoms with Crippen LogP contribution in [0.1, 0.15) is 12.8 Å². The average molecular weight is 239 g/mol. The molecular weight excluding hydrogens is 225 g/mol. The van der Waals surface area contributed by atoms with E-state index in [1.165, 1.54) is 17.2 Å². The summed E-state index contributed by atoms with van der Waals surface area (Å²) in [5.74, 6) is -0.0178. The smallest absolute Gasteiger partial charge is 0.249 e. The Labute approximate surface area is 98.9 Å². The number of carbonyl (C=O) groups excluding carboxylic acids is 1. The number of ether oxygens (including phenoxy) is 1. The molecule has 92 valence electrons. The Kier molecular flexibility index (Phi) is 3.93. The molecule has 0 spiro atoms. The molecule has 0 bridgehead atoms. The van der Waals surface area contributed by atoms with E-state index in [2.05, 4.69) is 0 Å². The number of halogens is 1. The van der Waals surface area contributed by atoms with Crippen LogP contribution in [0.3, 0.4) is 0 Å². The molecular formula is C12H14FNO3. The van der Waals surface area contributed by atoms with Gasteiger partial charge in [0, 0.05) is 6.07 Å². The molecule has 2 rings (SSSR count). The van der Waals surface area contributed by atoms with Gasteiger partial charge in [0.2, 0.25) is 5.91 Å². The molecule has 1 amide bonds. The van der Waals surface area contributed by atoms with E-state index in [0.29, 0.717) is 18.9 Å². The number of nitrogens with zero attached hydrogens (tertiary/aromatic N) is 1. The van der Waals surface area contributed by atoms with Crippen LogP contribution in [0.15, 0.2) is 24.3 Å². The Morgan fingerprint density at radius 3 is 3.12 bits per heavy atom. The van der Waals surface area contributed by atoms with Gasteiger partial charge >= 0.3 is 0 Å². The lowest BCUT2D eigenvalue weighted by Gasteiger charge is -2.13. The van der Waals surface area contributed by atoms with Gasteiger partial charge in [0.1, 0.15) is 11.6 Å². The second-order valence-corrected chi connectivity index (χ2v) is 3.74. The molecule has 1 heterocycles. The van der Waals surface area contributed by atoms with Crippen molar-refractivity contribution in [3.63, 3.8) is 0 Å². The maximum absolute atomic E-state index is 12.8. The Hall–Kier alpha value is -1.62. The molecule has 0 atom stereocenters. The van der Waals surface area contributed by atoms with Gasteiger partial charge in [-0.25, -0.2) is 9.45 Å². The van der Waals surface area contributed by atoms with Gasteiger partial charge < -0.3 is 4.74 Å². The van der Waals surface area contributed by atoms with Crippen LogP contribution in [0.4, 0.5) is 4.39 Å². The second kappa shape index (κ2) is 5.63. The Balaban J connectivity index is 1.73. The Morgan fingerprint density at radius 1 is 1.53 bits per heavy atom. The zero-order chi connectivity index (χ0) is 12.1. The molecule has 1 saturated heterocycles. The highest BCUT2D eigenvalue weighted by Gasteiger charge is 2.18. The first kappa shape index (κ1) is 11.9. The van der Waals surface area contributed by atoms with Crippen LogP contribution in [-0.4, -0.2) is 30.7 Å². The molecule has 0 aromatic heterocycles. The van der Waals surface area contributed by atoms with Crippen LogP contribution in [-0.2, 0) is 9.63 Å². The topological polar surface area (TPSA) is 38.8 Å². The van der Waals surface area contributed by atoms with Gasteiger partial charge in [0.15, 0.2) is 0 Å². The van der Waals surface area contributed by atoms with Crippen LogP contribution in [0, 0.1) is 5.82 Å². The lowest BCUT2D eigenvalue weighted by molar-refractivity contribution is -0.169. The van der Waals surface area contributed by atoms with E-state index in [9.17, 15) is 9.18 Å². The molecule has 4 nitrogen and oxygen atoms in total. The van der Waals surface area contributed by atoms with Gasteiger partial charge in [-0.05, 0) is 18.6 Å². The summed E-state index contributed by atoms with van der Waals surface area (Å²) in [7, 11) is 0. The highest BCUT2D eigenvalue weighted by atomic mass is 19.1. The van der Waals surface area contributed by atoms with Crippen LogP contribution in [0.2, 0.25) is 0 Å². The first-order valence-electron chi connectivity index (χ1n) is 5.57. The third-order valence-corrected chi connectivity index (χ3v) is 2.41. The summed E-state index contributed by atoms with van der Waals surface area (Å²) >= 11 is 0. The summed E-state index contributed by atoms with van der Waals surface area (Å²) in [4.78, 5) is 16.7. The number of rotatable bonds is 4. The largest absolute Gasteiger partial charge is 0.493 e. The highest BCUT2D eigenvalue weighted by molar-refractivity contribution is 5.75. The van der Waals surface area contributed by atoms with Gasteiger partial charge in [-0.3, -0.25) is 9.63 Å². The van der Waals surface area contributed by atoms with Gasteiger partial charge in [-0.1, -0.05) is 6.07 Å². The van der Waals surface area contributed by atoms with Gasteiger partial charge in [-0.2, -0.15) is 0 Å². The van der Waals surface area contributed by atoms with Crippen molar-refractivity contribution in [2.24, 2.45) is 0 Å². The summed E-state index contributed by atoms with van der Waals surface area (Å²) in [5, 5.41) is 1.36. The van der Waals surface area contributed by atoms with Crippen LogP contribution in [0.5, 0.6) is 5.75 Å². The average Bonchev–Trinajstić information content (AvgIpc) is 2.82. The van der Waals surface area contributed by atoms with Crippen LogP contribution in [0.25, 0.3) is 0 Å². The first-order chi connectivity index (χ1) is 8.25. The zero-order valence-corrected chi connectivity index (χ0v) is 9.39. The van der Waals surface area contributed by atoms with Crippen molar-refractivity contribution in [1.82, 2.24) is 5.06 Å². The van der Waals surface area contributed by atoms with Crippen molar-refractivity contribution in [3.05, 3.63) is 30.1 Å². The number of hydrogen-bond donors (Lipinski definition) is 0. The van der Waals surface area contributed by atoms with E-state index in [1.54, 1.807) is 12.1 Å². The van der Waals surface area contributed by atoms with E-state index < -0.39 is 0 Å². The summed E-state index contributed by atoms with van der Waals surface area (Å²) in [6, 6.07) is 5.85. The molecule has 1 aromatic rings. The molecule has 1 aliphatic heterocycles. The normalized spacial score (nSPS) is 15.0. The fraction of sp³-hybridized carbons (Fsp3) is 0.417. The number of benzene rings is 1. The SMILES string of the molecule is O=C(CCOc1cccc(F)c1)N1CCCO1. The van der Waals surface area contributed by atoms with E-state index in [0.717, 1.165) is 6.42 Å². The third-order valence-electron chi connectivity index (χ3n) is 2.41. The third kappa shape index (κ3) is 3.42. The predicted molar refractivity (Wildman–Crippen MR) is 58.8 cm³/mol. The number of amides is 1. The lowest BCUT2D eigenvalue weighted by Crippen LogP contribution is -2.27. The molecule has 5 heteroatoms. The lowest BCUT2D eigenvalue weighted by atomic mass is 10.3. The summed E-state index contributed by atoms with van der Waals surface area (Å²) in [6.45, 7) is 1.46. The fourth-order valence-corrected chi connectivity index (χ4v) is 1.58. The molecule has 0 aliphatic carbocycles. The predicted octanol–water partition coefficient (Wildman–Crippen LogP) is 1.76. The van der Waals surface area contributed by atoms with Crippen molar-refractivity contribution < 1.29 is 18.8 Å². The van der Waals surface area contributed by atoms with Gasteiger partial charge in [-0.15, -0.1) is 0 Å². The Morgan fingerprint density at radius 2 is 2.41 bits per heavy atom. The van der Waals surface area contributed by atoms with Gasteiger partial charge in [0.25, 0.3) is 0 Å². The Bertz CT molecular complexity index is 391. The van der Waals surface area contributed by atoms with Crippen molar-refractivity contribution in [1.29, 1.82) is 0 Å². The minimum Gasteiger partial charge on any atom is -0.493 e. The quantitative estimate of drug-likeness (QED) is 0.803. The van der Waals surface area contributed by atoms with Crippen molar-refractivity contribution >= 4 is 5.91 Å². The molecule has 1 fully saturated rings. The molecule has 17 heavy (non-hydrogen) atoms. The number of hydroxylamine groups is 2. The fourth-order valence-electron chi connectivity index (χ4n) is 1.58. The molecule has 1 aliphatic rings. The monoisotopic (exact) mass is 239 g/mol. The summed E-state index contributed by atoms with van der Waals surface area (Å²) in [5.41, 5.74) is 0. The van der Waals surface area contributed by atoms with Crippen molar-refractivity contribution in [2.45, 2.75) is 12.8 Å². The highest BCUT2D eigenvalue weighted by Crippen LogP contribution is 2.12. The maximum Gasteiger partial charge on any atom is 0.249 e. The molecule has 1 aromatic carbocycles. The van der Waals surface area contributed by atoms with E-state index in [-0.39, 0.29) is 24.8 Å². The molecule has 0 saturated carbocycles. The summed E-state index contributed by atoms with van der Waals surface area (Å²) < 4.78 is 18.1. The maximum atomic E-state index is 12.8. The minimum absolute atomic E-state index is 0.0982. The number of carbonyl (C=O) groups is 1. The van der Waals surface area contributed by atoms with E-state index >= 15 is 0 Å². The molecule has 0 N–H and O–H groups in total. The van der Waals surface area contributed by atoms with Gasteiger partial charge in [0.05, 0.1) is 26.2 Å². The first-order valence-corrected chi connectivity index (χ1v) is 5.57. The van der Waals surface area contributed by atoms with Crippen LogP contribution >= 0.6 is 0 Å². The van der Waals surface area contributed by atoms with E-state index in [1.807, 2.05) is 0 Å². The van der Waals surface area contributed by atoms with E-state index in [4.69, 9.17) is 9.57 Å². The standard InChI is InChI=1S/C12H14FNO3/c13-10-3-1-4-11(9-10)16-8-5-12(15)14-6-2-7-17-14/h1,3-4,9H,2,5-8H2. The molecule has 0 unspecified atom stereocenters. The zero-order valence-electron chi connectivity index (χ0n) is 9.39. The summed E-state index contributed by atoms with van der Waals surface area (Å²) in [6.07, 6.45) is 1.10. The second-order valence-electron chi connectivity index (χ2n) is 3.74. The van der Waals surface area contributed by atoms with Crippen LogP contribution < -0.4 is 4.74 Å². The van der Waals surface area contributed by atoms with Crippen molar-refractivity contribution in [2.75, 3.05) is 19.8 Å². The number of hydrogen-bond acceptors (Lipinski definition) is 3.